The molecule has 0 bridgehead atoms. The maximum absolute atomic E-state index is 5.35. The van der Waals surface area contributed by atoms with Crippen LogP contribution in [-0.4, -0.2) is 43.2 Å². The van der Waals surface area contributed by atoms with Crippen molar-refractivity contribution >= 4 is 5.82 Å². The summed E-state index contributed by atoms with van der Waals surface area (Å²) < 4.78 is 5.35. The number of hydrogen-bond acceptors (Lipinski definition) is 4. The number of anilines is 1. The van der Waals surface area contributed by atoms with E-state index in [2.05, 4.69) is 28.2 Å². The molecule has 0 aliphatic carbocycles. The first-order valence-corrected chi connectivity index (χ1v) is 5.73. The average Bonchev–Trinajstić information content (AvgIpc) is 2.33. The third-order valence-electron chi connectivity index (χ3n) is 2.97. The summed E-state index contributed by atoms with van der Waals surface area (Å²) in [5, 5.41) is 3.08. The van der Waals surface area contributed by atoms with Crippen LogP contribution in [0.1, 0.15) is 11.1 Å². The van der Waals surface area contributed by atoms with Gasteiger partial charge in [0.05, 0.1) is 13.2 Å². The molecule has 88 valence electrons. The molecule has 1 aliphatic heterocycles. The molecule has 2 heterocycles. The van der Waals surface area contributed by atoms with Crippen molar-refractivity contribution in [3.05, 3.63) is 23.4 Å². The zero-order valence-corrected chi connectivity index (χ0v) is 9.99. The molecule has 0 atom stereocenters. The van der Waals surface area contributed by atoms with Crippen molar-refractivity contribution in [2.75, 3.05) is 38.7 Å². The summed E-state index contributed by atoms with van der Waals surface area (Å²) in [6.45, 7) is 6.86. The number of aromatic nitrogens is 1. The van der Waals surface area contributed by atoms with E-state index in [1.165, 1.54) is 11.1 Å². The Morgan fingerprint density at radius 2 is 2.19 bits per heavy atom. The minimum absolute atomic E-state index is 0.850. The average molecular weight is 221 g/mol. The largest absolute Gasteiger partial charge is 0.379 e. The summed E-state index contributed by atoms with van der Waals surface area (Å²) in [4.78, 5) is 6.72. The van der Waals surface area contributed by atoms with Crippen LogP contribution in [0, 0.1) is 6.92 Å². The van der Waals surface area contributed by atoms with Gasteiger partial charge in [0.2, 0.25) is 0 Å². The Balaban J connectivity index is 2.06. The van der Waals surface area contributed by atoms with Crippen molar-refractivity contribution in [1.82, 2.24) is 9.88 Å². The van der Waals surface area contributed by atoms with E-state index < -0.39 is 0 Å². The van der Waals surface area contributed by atoms with Gasteiger partial charge in [-0.05, 0) is 24.1 Å². The van der Waals surface area contributed by atoms with Gasteiger partial charge in [-0.2, -0.15) is 0 Å². The highest BCUT2D eigenvalue weighted by Crippen LogP contribution is 2.14. The molecular weight excluding hydrogens is 202 g/mol. The van der Waals surface area contributed by atoms with E-state index >= 15 is 0 Å². The quantitative estimate of drug-likeness (QED) is 0.834. The lowest BCUT2D eigenvalue weighted by Gasteiger charge is -2.27. The summed E-state index contributed by atoms with van der Waals surface area (Å²) in [7, 11) is 1.90. The predicted octanol–water partition coefficient (Wildman–Crippen LogP) is 1.26. The molecule has 16 heavy (non-hydrogen) atoms. The minimum Gasteiger partial charge on any atom is -0.379 e. The van der Waals surface area contributed by atoms with Gasteiger partial charge in [0.1, 0.15) is 5.82 Å². The molecule has 4 heteroatoms. The van der Waals surface area contributed by atoms with Crippen molar-refractivity contribution in [1.29, 1.82) is 0 Å². The van der Waals surface area contributed by atoms with Crippen LogP contribution in [0.4, 0.5) is 5.82 Å². The standard InChI is InChI=1S/C12H19N3O/c1-10-8-14-12(13-2)7-11(10)9-15-3-5-16-6-4-15/h7-8H,3-6,9H2,1-2H3,(H,13,14). The zero-order valence-electron chi connectivity index (χ0n) is 9.99. The van der Waals surface area contributed by atoms with Crippen molar-refractivity contribution in [2.45, 2.75) is 13.5 Å². The molecule has 1 aliphatic rings. The number of nitrogens with one attached hydrogen (secondary N) is 1. The van der Waals surface area contributed by atoms with Gasteiger partial charge >= 0.3 is 0 Å². The summed E-state index contributed by atoms with van der Waals surface area (Å²) in [6.07, 6.45) is 1.93. The van der Waals surface area contributed by atoms with Gasteiger partial charge in [0.25, 0.3) is 0 Å². The zero-order chi connectivity index (χ0) is 11.4. The summed E-state index contributed by atoms with van der Waals surface area (Å²) in [6, 6.07) is 2.13. The van der Waals surface area contributed by atoms with Crippen molar-refractivity contribution in [3.63, 3.8) is 0 Å². The molecule has 2 rings (SSSR count). The predicted molar refractivity (Wildman–Crippen MR) is 64.6 cm³/mol. The van der Waals surface area contributed by atoms with Crippen LogP contribution in [0.25, 0.3) is 0 Å². The third-order valence-corrected chi connectivity index (χ3v) is 2.97. The van der Waals surface area contributed by atoms with Crippen LogP contribution in [0.5, 0.6) is 0 Å². The molecule has 0 unspecified atom stereocenters. The second kappa shape index (κ2) is 5.27. The lowest BCUT2D eigenvalue weighted by atomic mass is 10.1. The second-order valence-electron chi connectivity index (χ2n) is 4.13. The van der Waals surface area contributed by atoms with Crippen molar-refractivity contribution < 1.29 is 4.74 Å². The normalized spacial score (nSPS) is 17.4. The Morgan fingerprint density at radius 1 is 1.44 bits per heavy atom. The molecule has 1 aromatic heterocycles. The molecule has 1 N–H and O–H groups in total. The van der Waals surface area contributed by atoms with E-state index in [1.807, 2.05) is 13.2 Å². The maximum Gasteiger partial charge on any atom is 0.125 e. The number of pyridine rings is 1. The van der Waals surface area contributed by atoms with E-state index in [4.69, 9.17) is 4.74 Å². The molecular formula is C12H19N3O. The molecule has 0 saturated carbocycles. The van der Waals surface area contributed by atoms with Crippen LogP contribution in [0.3, 0.4) is 0 Å². The lowest BCUT2D eigenvalue weighted by molar-refractivity contribution is 0.0341. The van der Waals surface area contributed by atoms with Crippen LogP contribution in [0.15, 0.2) is 12.3 Å². The van der Waals surface area contributed by atoms with Crippen molar-refractivity contribution in [3.8, 4) is 0 Å². The van der Waals surface area contributed by atoms with Gasteiger partial charge < -0.3 is 10.1 Å². The van der Waals surface area contributed by atoms with Crippen LogP contribution in [0.2, 0.25) is 0 Å². The number of morpholine rings is 1. The SMILES string of the molecule is CNc1cc(CN2CCOCC2)c(C)cn1. The summed E-state index contributed by atoms with van der Waals surface area (Å²) in [5.41, 5.74) is 2.60. The Kier molecular flexibility index (Phi) is 3.74. The molecule has 0 spiro atoms. The molecule has 1 saturated heterocycles. The monoisotopic (exact) mass is 221 g/mol. The fourth-order valence-corrected chi connectivity index (χ4v) is 1.87. The van der Waals surface area contributed by atoms with Crippen molar-refractivity contribution in [2.24, 2.45) is 0 Å². The number of aryl methyl sites for hydroxylation is 1. The minimum atomic E-state index is 0.850. The van der Waals surface area contributed by atoms with Gasteiger partial charge in [-0.3, -0.25) is 4.90 Å². The Morgan fingerprint density at radius 3 is 2.88 bits per heavy atom. The highest BCUT2D eigenvalue weighted by atomic mass is 16.5. The van der Waals surface area contributed by atoms with Crippen LogP contribution >= 0.6 is 0 Å². The van der Waals surface area contributed by atoms with E-state index in [-0.39, 0.29) is 0 Å². The molecule has 0 radical (unpaired) electrons. The molecule has 1 fully saturated rings. The highest BCUT2D eigenvalue weighted by molar-refractivity contribution is 5.40. The van der Waals surface area contributed by atoms with Crippen LogP contribution < -0.4 is 5.32 Å². The van der Waals surface area contributed by atoms with Crippen LogP contribution in [-0.2, 0) is 11.3 Å². The smallest absolute Gasteiger partial charge is 0.125 e. The lowest BCUT2D eigenvalue weighted by Crippen LogP contribution is -2.35. The Bertz CT molecular complexity index is 348. The van der Waals surface area contributed by atoms with E-state index in [0.717, 1.165) is 38.7 Å². The third kappa shape index (κ3) is 2.71. The first-order chi connectivity index (χ1) is 7.79. The number of ether oxygens (including phenoxy) is 1. The number of hydrogen-bond donors (Lipinski definition) is 1. The van der Waals surface area contributed by atoms with Gasteiger partial charge in [0.15, 0.2) is 0 Å². The first-order valence-electron chi connectivity index (χ1n) is 5.73. The molecule has 4 nitrogen and oxygen atoms in total. The first kappa shape index (κ1) is 11.4. The maximum atomic E-state index is 5.35. The summed E-state index contributed by atoms with van der Waals surface area (Å²) in [5.74, 6) is 0.939. The van der Waals surface area contributed by atoms with E-state index in [1.54, 1.807) is 0 Å². The highest BCUT2D eigenvalue weighted by Gasteiger charge is 2.12. The fourth-order valence-electron chi connectivity index (χ4n) is 1.87. The second-order valence-corrected chi connectivity index (χ2v) is 4.13. The Labute approximate surface area is 96.6 Å². The molecule has 0 amide bonds. The molecule has 1 aromatic rings. The summed E-state index contributed by atoms with van der Waals surface area (Å²) >= 11 is 0. The number of rotatable bonds is 3. The van der Waals surface area contributed by atoms with Gasteiger partial charge in [-0.15, -0.1) is 0 Å². The van der Waals surface area contributed by atoms with Gasteiger partial charge in [-0.25, -0.2) is 4.98 Å². The van der Waals surface area contributed by atoms with E-state index in [9.17, 15) is 0 Å². The van der Waals surface area contributed by atoms with Gasteiger partial charge in [-0.1, -0.05) is 0 Å². The topological polar surface area (TPSA) is 37.4 Å². The molecule has 0 aromatic carbocycles. The van der Waals surface area contributed by atoms with E-state index in [0.29, 0.717) is 0 Å². The van der Waals surface area contributed by atoms with Gasteiger partial charge in [0, 0.05) is 32.9 Å². The number of nitrogens with zero attached hydrogens (tertiary/aromatic N) is 2. The Hall–Kier alpha value is -1.13. The fraction of sp³-hybridized carbons (Fsp3) is 0.583.